The second-order valence-electron chi connectivity index (χ2n) is 3.93. The molecule has 19 heavy (non-hydrogen) atoms. The fraction of sp³-hybridized carbons (Fsp3) is 0.214. The van der Waals surface area contributed by atoms with Crippen molar-refractivity contribution < 1.29 is 9.84 Å². The number of rotatable bonds is 5. The quantitative estimate of drug-likeness (QED) is 0.823. The van der Waals surface area contributed by atoms with Crippen LogP contribution in [0.5, 0.6) is 11.5 Å². The molecular weight excluding hydrogens is 264 g/mol. The van der Waals surface area contributed by atoms with Crippen molar-refractivity contribution in [1.82, 2.24) is 4.98 Å². The number of halogens is 1. The monoisotopic (exact) mass is 278 g/mol. The normalized spacial score (nSPS) is 10.2. The van der Waals surface area contributed by atoms with Crippen LogP contribution >= 0.6 is 11.6 Å². The average Bonchev–Trinajstić information content (AvgIpc) is 2.40. The molecule has 100 valence electrons. The van der Waals surface area contributed by atoms with Crippen molar-refractivity contribution in [1.29, 1.82) is 0 Å². The van der Waals surface area contributed by atoms with Gasteiger partial charge in [0.15, 0.2) is 11.5 Å². The minimum Gasteiger partial charge on any atom is -0.504 e. The molecule has 0 aliphatic carbocycles. The van der Waals surface area contributed by atoms with Gasteiger partial charge in [0.05, 0.1) is 6.61 Å². The molecule has 1 heterocycles. The van der Waals surface area contributed by atoms with Crippen molar-refractivity contribution in [2.75, 3.05) is 11.9 Å². The molecule has 2 N–H and O–H groups in total. The minimum absolute atomic E-state index is 0.145. The highest BCUT2D eigenvalue weighted by atomic mass is 35.5. The lowest BCUT2D eigenvalue weighted by atomic mass is 10.2. The summed E-state index contributed by atoms with van der Waals surface area (Å²) in [5.74, 6) is 1.34. The molecule has 1 aromatic heterocycles. The van der Waals surface area contributed by atoms with Crippen LogP contribution in [0, 0.1) is 0 Å². The Labute approximate surface area is 117 Å². The van der Waals surface area contributed by atoms with E-state index in [1.165, 1.54) is 0 Å². The fourth-order valence-electron chi connectivity index (χ4n) is 1.64. The molecule has 0 saturated heterocycles. The summed E-state index contributed by atoms with van der Waals surface area (Å²) in [5.41, 5.74) is 0.989. The minimum atomic E-state index is 0.145. The number of nitrogens with one attached hydrogen (secondary N) is 1. The summed E-state index contributed by atoms with van der Waals surface area (Å²) in [5, 5.41) is 13.2. The zero-order valence-corrected chi connectivity index (χ0v) is 11.3. The number of aromatic nitrogens is 1. The van der Waals surface area contributed by atoms with Crippen molar-refractivity contribution in [3.63, 3.8) is 0 Å². The third-order valence-corrected chi connectivity index (χ3v) is 2.72. The van der Waals surface area contributed by atoms with Gasteiger partial charge in [-0.2, -0.15) is 0 Å². The number of hydrogen-bond donors (Lipinski definition) is 2. The molecule has 0 amide bonds. The lowest BCUT2D eigenvalue weighted by molar-refractivity contribution is 0.318. The zero-order chi connectivity index (χ0) is 13.7. The van der Waals surface area contributed by atoms with Gasteiger partial charge in [-0.1, -0.05) is 23.7 Å². The molecule has 0 spiro atoms. The molecule has 0 bridgehead atoms. The molecule has 1 aromatic carbocycles. The second-order valence-corrected chi connectivity index (χ2v) is 4.32. The SMILES string of the molecule is CCOc1cc(CNc2cccc(Cl)n2)ccc1O. The third-order valence-electron chi connectivity index (χ3n) is 2.51. The molecule has 0 fully saturated rings. The van der Waals surface area contributed by atoms with Crippen LogP contribution in [0.4, 0.5) is 5.82 Å². The van der Waals surface area contributed by atoms with Crippen LogP contribution in [-0.2, 0) is 6.54 Å². The number of aromatic hydroxyl groups is 1. The standard InChI is InChI=1S/C14H15ClN2O2/c1-2-19-12-8-10(6-7-11(12)18)9-16-14-5-3-4-13(15)17-14/h3-8,18H,2,9H2,1H3,(H,16,17). The zero-order valence-electron chi connectivity index (χ0n) is 10.6. The Morgan fingerprint density at radius 3 is 2.89 bits per heavy atom. The lowest BCUT2D eigenvalue weighted by Crippen LogP contribution is -2.02. The first-order chi connectivity index (χ1) is 9.19. The number of pyridine rings is 1. The van der Waals surface area contributed by atoms with E-state index < -0.39 is 0 Å². The van der Waals surface area contributed by atoms with Gasteiger partial charge in [-0.05, 0) is 36.8 Å². The van der Waals surface area contributed by atoms with Gasteiger partial charge >= 0.3 is 0 Å². The number of phenolic OH excluding ortho intramolecular Hbond substituents is 1. The van der Waals surface area contributed by atoms with Crippen LogP contribution in [0.3, 0.4) is 0 Å². The second kappa shape index (κ2) is 6.29. The average molecular weight is 279 g/mol. The molecule has 0 aliphatic rings. The number of hydrogen-bond acceptors (Lipinski definition) is 4. The van der Waals surface area contributed by atoms with Crippen LogP contribution in [0.15, 0.2) is 36.4 Å². The molecule has 0 saturated carbocycles. The fourth-order valence-corrected chi connectivity index (χ4v) is 1.80. The summed E-state index contributed by atoms with van der Waals surface area (Å²) in [4.78, 5) is 4.14. The van der Waals surface area contributed by atoms with E-state index in [9.17, 15) is 5.11 Å². The number of benzene rings is 1. The summed E-state index contributed by atoms with van der Waals surface area (Å²) in [7, 11) is 0. The van der Waals surface area contributed by atoms with Crippen LogP contribution in [0.25, 0.3) is 0 Å². The van der Waals surface area contributed by atoms with Gasteiger partial charge in [-0.15, -0.1) is 0 Å². The summed E-state index contributed by atoms with van der Waals surface area (Å²) in [6.45, 7) is 2.97. The summed E-state index contributed by atoms with van der Waals surface area (Å²) < 4.78 is 5.33. The summed E-state index contributed by atoms with van der Waals surface area (Å²) in [6.07, 6.45) is 0. The van der Waals surface area contributed by atoms with E-state index in [0.717, 1.165) is 5.56 Å². The van der Waals surface area contributed by atoms with Crippen LogP contribution < -0.4 is 10.1 Å². The van der Waals surface area contributed by atoms with Gasteiger partial charge in [0, 0.05) is 6.54 Å². The van der Waals surface area contributed by atoms with Crippen molar-refractivity contribution >= 4 is 17.4 Å². The Kier molecular flexibility index (Phi) is 4.47. The highest BCUT2D eigenvalue weighted by Crippen LogP contribution is 2.27. The predicted octanol–water partition coefficient (Wildman–Crippen LogP) is 3.45. The molecule has 0 unspecified atom stereocenters. The van der Waals surface area contributed by atoms with Gasteiger partial charge in [-0.3, -0.25) is 0 Å². The lowest BCUT2D eigenvalue weighted by Gasteiger charge is -2.09. The van der Waals surface area contributed by atoms with E-state index in [0.29, 0.717) is 29.9 Å². The Balaban J connectivity index is 2.05. The van der Waals surface area contributed by atoms with E-state index in [1.54, 1.807) is 18.2 Å². The Hall–Kier alpha value is -1.94. The maximum atomic E-state index is 9.61. The van der Waals surface area contributed by atoms with Gasteiger partial charge in [0.1, 0.15) is 11.0 Å². The number of ether oxygens (including phenoxy) is 1. The van der Waals surface area contributed by atoms with Gasteiger partial charge in [0.25, 0.3) is 0 Å². The third kappa shape index (κ3) is 3.76. The van der Waals surface area contributed by atoms with Crippen LogP contribution in [0.2, 0.25) is 5.15 Å². The molecular formula is C14H15ClN2O2. The van der Waals surface area contributed by atoms with E-state index in [-0.39, 0.29) is 5.75 Å². The molecule has 2 aromatic rings. The molecule has 0 atom stereocenters. The largest absolute Gasteiger partial charge is 0.504 e. The van der Waals surface area contributed by atoms with Gasteiger partial charge in [-0.25, -0.2) is 4.98 Å². The Morgan fingerprint density at radius 1 is 1.32 bits per heavy atom. The Bertz CT molecular complexity index is 561. The van der Waals surface area contributed by atoms with E-state index in [4.69, 9.17) is 16.3 Å². The van der Waals surface area contributed by atoms with Crippen LogP contribution in [-0.4, -0.2) is 16.7 Å². The van der Waals surface area contributed by atoms with Gasteiger partial charge < -0.3 is 15.2 Å². The highest BCUT2D eigenvalue weighted by molar-refractivity contribution is 6.29. The molecule has 4 nitrogen and oxygen atoms in total. The summed E-state index contributed by atoms with van der Waals surface area (Å²) >= 11 is 5.81. The van der Waals surface area contributed by atoms with Crippen molar-refractivity contribution in [2.45, 2.75) is 13.5 Å². The van der Waals surface area contributed by atoms with Crippen molar-refractivity contribution in [3.05, 3.63) is 47.1 Å². The first-order valence-corrected chi connectivity index (χ1v) is 6.38. The Morgan fingerprint density at radius 2 is 2.16 bits per heavy atom. The van der Waals surface area contributed by atoms with E-state index >= 15 is 0 Å². The summed E-state index contributed by atoms with van der Waals surface area (Å²) in [6, 6.07) is 10.6. The first-order valence-electron chi connectivity index (χ1n) is 6.00. The first kappa shape index (κ1) is 13.5. The maximum Gasteiger partial charge on any atom is 0.161 e. The molecule has 5 heteroatoms. The van der Waals surface area contributed by atoms with E-state index in [2.05, 4.69) is 10.3 Å². The number of anilines is 1. The predicted molar refractivity (Wildman–Crippen MR) is 75.8 cm³/mol. The smallest absolute Gasteiger partial charge is 0.161 e. The van der Waals surface area contributed by atoms with Crippen LogP contribution in [0.1, 0.15) is 12.5 Å². The van der Waals surface area contributed by atoms with E-state index in [1.807, 2.05) is 25.1 Å². The van der Waals surface area contributed by atoms with Gasteiger partial charge in [0.2, 0.25) is 0 Å². The molecule has 0 aliphatic heterocycles. The number of phenols is 1. The topological polar surface area (TPSA) is 54.4 Å². The van der Waals surface area contributed by atoms with Crippen molar-refractivity contribution in [3.8, 4) is 11.5 Å². The van der Waals surface area contributed by atoms with Crippen molar-refractivity contribution in [2.24, 2.45) is 0 Å². The maximum absolute atomic E-state index is 9.61. The number of nitrogens with zero attached hydrogens (tertiary/aromatic N) is 1. The highest BCUT2D eigenvalue weighted by Gasteiger charge is 2.03. The molecule has 2 rings (SSSR count). The molecule has 0 radical (unpaired) electrons.